The molecular weight excluding hydrogens is 286 g/mol. The van der Waals surface area contributed by atoms with E-state index >= 15 is 0 Å². The highest BCUT2D eigenvalue weighted by Gasteiger charge is 2.53. The molecule has 1 atom stereocenters. The van der Waals surface area contributed by atoms with Crippen molar-refractivity contribution in [3.63, 3.8) is 0 Å². The standard InChI is InChI=1S/C16H20BrN/c17-13-4-5-14-11(9-13)1-6-15(14)18-10-16(7-8-16)12-2-3-12/h4-5,9,12,15,18H,1-3,6-8,10H2. The van der Waals surface area contributed by atoms with Crippen LogP contribution >= 0.6 is 15.9 Å². The predicted octanol–water partition coefficient (Wildman–Crippen LogP) is 4.22. The molecule has 0 aromatic heterocycles. The fourth-order valence-electron chi connectivity index (χ4n) is 3.71. The number of nitrogens with one attached hydrogen (secondary N) is 1. The first-order chi connectivity index (χ1) is 8.77. The summed E-state index contributed by atoms with van der Waals surface area (Å²) >= 11 is 3.57. The molecule has 2 saturated carbocycles. The third-order valence-electron chi connectivity index (χ3n) is 5.22. The molecule has 18 heavy (non-hydrogen) atoms. The largest absolute Gasteiger partial charge is 0.309 e. The van der Waals surface area contributed by atoms with Crippen molar-refractivity contribution in [2.24, 2.45) is 11.3 Å². The fraction of sp³-hybridized carbons (Fsp3) is 0.625. The van der Waals surface area contributed by atoms with Crippen molar-refractivity contribution in [2.45, 2.75) is 44.6 Å². The van der Waals surface area contributed by atoms with Crippen LogP contribution in [-0.2, 0) is 6.42 Å². The predicted molar refractivity (Wildman–Crippen MR) is 77.6 cm³/mol. The molecule has 1 unspecified atom stereocenters. The molecule has 0 heterocycles. The Morgan fingerprint density at radius 2 is 2.06 bits per heavy atom. The van der Waals surface area contributed by atoms with Gasteiger partial charge in [0, 0.05) is 17.1 Å². The number of halogens is 1. The van der Waals surface area contributed by atoms with Gasteiger partial charge in [-0.25, -0.2) is 0 Å². The molecule has 2 heteroatoms. The Balaban J connectivity index is 1.45. The minimum absolute atomic E-state index is 0.615. The second-order valence-corrected chi connectivity index (χ2v) is 7.37. The Hall–Kier alpha value is -0.340. The topological polar surface area (TPSA) is 12.0 Å². The average Bonchev–Trinajstić information content (AvgIpc) is 3.24. The number of benzene rings is 1. The average molecular weight is 306 g/mol. The van der Waals surface area contributed by atoms with Crippen molar-refractivity contribution in [3.05, 3.63) is 33.8 Å². The summed E-state index contributed by atoms with van der Waals surface area (Å²) in [5.74, 6) is 1.07. The molecule has 1 aromatic rings. The molecule has 2 fully saturated rings. The molecule has 0 radical (unpaired) electrons. The van der Waals surface area contributed by atoms with Crippen LogP contribution in [0.1, 0.15) is 49.3 Å². The van der Waals surface area contributed by atoms with Crippen LogP contribution in [0.15, 0.2) is 22.7 Å². The highest BCUT2D eigenvalue weighted by molar-refractivity contribution is 9.10. The van der Waals surface area contributed by atoms with E-state index < -0.39 is 0 Å². The van der Waals surface area contributed by atoms with E-state index in [0.717, 1.165) is 11.3 Å². The maximum atomic E-state index is 3.87. The highest BCUT2D eigenvalue weighted by atomic mass is 79.9. The van der Waals surface area contributed by atoms with Crippen molar-refractivity contribution in [1.29, 1.82) is 0 Å². The van der Waals surface area contributed by atoms with Crippen molar-refractivity contribution >= 4 is 15.9 Å². The zero-order valence-electron chi connectivity index (χ0n) is 10.7. The Morgan fingerprint density at radius 1 is 1.22 bits per heavy atom. The molecule has 0 spiro atoms. The van der Waals surface area contributed by atoms with Crippen LogP contribution in [-0.4, -0.2) is 6.54 Å². The van der Waals surface area contributed by atoms with Gasteiger partial charge < -0.3 is 5.32 Å². The summed E-state index contributed by atoms with van der Waals surface area (Å²) in [5.41, 5.74) is 3.81. The van der Waals surface area contributed by atoms with Crippen molar-refractivity contribution in [2.75, 3.05) is 6.54 Å². The summed E-state index contributed by atoms with van der Waals surface area (Å²) in [4.78, 5) is 0. The maximum Gasteiger partial charge on any atom is 0.0326 e. The lowest BCUT2D eigenvalue weighted by Gasteiger charge is -2.20. The molecule has 0 amide bonds. The molecule has 3 aliphatic carbocycles. The van der Waals surface area contributed by atoms with Gasteiger partial charge in [-0.1, -0.05) is 22.0 Å². The molecule has 0 bridgehead atoms. The van der Waals surface area contributed by atoms with E-state index in [-0.39, 0.29) is 0 Å². The van der Waals surface area contributed by atoms with Gasteiger partial charge in [0.1, 0.15) is 0 Å². The summed E-state index contributed by atoms with van der Waals surface area (Å²) in [5, 5.41) is 3.87. The number of hydrogen-bond acceptors (Lipinski definition) is 1. The summed E-state index contributed by atoms with van der Waals surface area (Å²) in [6.45, 7) is 1.26. The van der Waals surface area contributed by atoms with Crippen LogP contribution in [0.25, 0.3) is 0 Å². The lowest BCUT2D eigenvalue weighted by atomic mass is 9.99. The molecule has 0 saturated heterocycles. The summed E-state index contributed by atoms with van der Waals surface area (Å²) in [7, 11) is 0. The normalized spacial score (nSPS) is 28.2. The van der Waals surface area contributed by atoms with Crippen LogP contribution in [0.4, 0.5) is 0 Å². The van der Waals surface area contributed by atoms with Gasteiger partial charge in [-0.3, -0.25) is 0 Å². The molecule has 96 valence electrons. The van der Waals surface area contributed by atoms with Crippen molar-refractivity contribution in [3.8, 4) is 0 Å². The maximum absolute atomic E-state index is 3.87. The molecular formula is C16H20BrN. The van der Waals surface area contributed by atoms with Gasteiger partial charge in [0.2, 0.25) is 0 Å². The van der Waals surface area contributed by atoms with Crippen LogP contribution in [0.5, 0.6) is 0 Å². The fourth-order valence-corrected chi connectivity index (χ4v) is 4.12. The van der Waals surface area contributed by atoms with Gasteiger partial charge in [-0.05, 0) is 73.1 Å². The smallest absolute Gasteiger partial charge is 0.0326 e. The molecule has 3 aliphatic rings. The minimum atomic E-state index is 0.615. The molecule has 0 aliphatic heterocycles. The monoisotopic (exact) mass is 305 g/mol. The van der Waals surface area contributed by atoms with E-state index in [9.17, 15) is 0 Å². The SMILES string of the molecule is Brc1ccc2c(c1)CCC2NCC1(C2CC2)CC1. The quantitative estimate of drug-likeness (QED) is 0.878. The van der Waals surface area contributed by atoms with Crippen LogP contribution in [0.2, 0.25) is 0 Å². The highest BCUT2D eigenvalue weighted by Crippen LogP contribution is 2.61. The van der Waals surface area contributed by atoms with Crippen LogP contribution < -0.4 is 5.32 Å². The van der Waals surface area contributed by atoms with Gasteiger partial charge in [0.15, 0.2) is 0 Å². The second-order valence-electron chi connectivity index (χ2n) is 6.45. The minimum Gasteiger partial charge on any atom is -0.309 e. The molecule has 1 N–H and O–H groups in total. The van der Waals surface area contributed by atoms with Gasteiger partial charge >= 0.3 is 0 Å². The number of fused-ring (bicyclic) bond motifs is 1. The Bertz CT molecular complexity index is 474. The van der Waals surface area contributed by atoms with Gasteiger partial charge in [0.25, 0.3) is 0 Å². The number of aryl methyl sites for hydroxylation is 1. The zero-order chi connectivity index (χ0) is 12.2. The first kappa shape index (κ1) is 11.5. The molecule has 1 aromatic carbocycles. The summed E-state index contributed by atoms with van der Waals surface area (Å²) in [6.07, 6.45) is 8.47. The van der Waals surface area contributed by atoms with Gasteiger partial charge in [-0.15, -0.1) is 0 Å². The van der Waals surface area contributed by atoms with Crippen molar-refractivity contribution in [1.82, 2.24) is 5.32 Å². The van der Waals surface area contributed by atoms with E-state index in [1.165, 1.54) is 55.1 Å². The van der Waals surface area contributed by atoms with Crippen LogP contribution in [0.3, 0.4) is 0 Å². The first-order valence-corrected chi connectivity index (χ1v) is 8.08. The zero-order valence-corrected chi connectivity index (χ0v) is 12.3. The molecule has 4 rings (SSSR count). The lowest BCUT2D eigenvalue weighted by Crippen LogP contribution is -2.28. The van der Waals surface area contributed by atoms with E-state index in [2.05, 4.69) is 39.4 Å². The Morgan fingerprint density at radius 3 is 2.78 bits per heavy atom. The van der Waals surface area contributed by atoms with E-state index in [0.29, 0.717) is 6.04 Å². The van der Waals surface area contributed by atoms with E-state index in [1.807, 2.05) is 0 Å². The summed E-state index contributed by atoms with van der Waals surface area (Å²) in [6, 6.07) is 7.40. The summed E-state index contributed by atoms with van der Waals surface area (Å²) < 4.78 is 1.22. The Kier molecular flexibility index (Phi) is 2.60. The van der Waals surface area contributed by atoms with Crippen LogP contribution in [0, 0.1) is 11.3 Å². The van der Waals surface area contributed by atoms with Crippen molar-refractivity contribution < 1.29 is 0 Å². The first-order valence-electron chi connectivity index (χ1n) is 7.29. The second kappa shape index (κ2) is 4.08. The number of hydrogen-bond donors (Lipinski definition) is 1. The Labute approximate surface area is 117 Å². The van der Waals surface area contributed by atoms with Gasteiger partial charge in [0.05, 0.1) is 0 Å². The van der Waals surface area contributed by atoms with Gasteiger partial charge in [-0.2, -0.15) is 0 Å². The van der Waals surface area contributed by atoms with E-state index in [4.69, 9.17) is 0 Å². The lowest BCUT2D eigenvalue weighted by molar-refractivity contribution is 0.373. The third kappa shape index (κ3) is 1.94. The molecule has 1 nitrogen and oxygen atoms in total. The third-order valence-corrected chi connectivity index (χ3v) is 5.71. The number of rotatable bonds is 4. The van der Waals surface area contributed by atoms with E-state index in [1.54, 1.807) is 5.56 Å².